The smallest absolute Gasteiger partial charge is 0.246 e. The molecule has 0 spiro atoms. The Morgan fingerprint density at radius 3 is 2.79 bits per heavy atom. The first-order valence-electron chi connectivity index (χ1n) is 7.27. The van der Waals surface area contributed by atoms with Crippen LogP contribution >= 0.6 is 23.1 Å². The Morgan fingerprint density at radius 1 is 1.38 bits per heavy atom. The SMILES string of the molecule is CSc1ccccc1NC(=O)CN(C)C(=O)/C=C/c1csc(C)n1. The second kappa shape index (κ2) is 8.65. The molecule has 0 saturated carbocycles. The molecule has 7 heteroatoms. The normalized spacial score (nSPS) is 10.8. The van der Waals surface area contributed by atoms with E-state index in [0.29, 0.717) is 0 Å². The van der Waals surface area contributed by atoms with Gasteiger partial charge in [-0.25, -0.2) is 4.98 Å². The zero-order valence-electron chi connectivity index (χ0n) is 13.8. The van der Waals surface area contributed by atoms with E-state index in [0.717, 1.165) is 21.3 Å². The number of thiazole rings is 1. The molecule has 0 aliphatic carbocycles. The molecule has 0 aliphatic heterocycles. The molecule has 0 unspecified atom stereocenters. The lowest BCUT2D eigenvalue weighted by Crippen LogP contribution is -2.33. The van der Waals surface area contributed by atoms with E-state index in [1.807, 2.05) is 42.8 Å². The molecule has 1 heterocycles. The minimum atomic E-state index is -0.242. The van der Waals surface area contributed by atoms with Gasteiger partial charge in [0.1, 0.15) is 0 Å². The molecule has 0 radical (unpaired) electrons. The van der Waals surface area contributed by atoms with Crippen LogP contribution in [0, 0.1) is 6.92 Å². The van der Waals surface area contributed by atoms with Crippen molar-refractivity contribution >= 4 is 46.7 Å². The molecule has 0 saturated heterocycles. The fourth-order valence-corrected chi connectivity index (χ4v) is 3.11. The van der Waals surface area contributed by atoms with E-state index in [9.17, 15) is 9.59 Å². The minimum Gasteiger partial charge on any atom is -0.333 e. The predicted octanol–water partition coefficient (Wildman–Crippen LogP) is 3.28. The van der Waals surface area contributed by atoms with E-state index in [1.54, 1.807) is 24.9 Å². The van der Waals surface area contributed by atoms with Gasteiger partial charge in [-0.2, -0.15) is 0 Å². The van der Waals surface area contributed by atoms with Gasteiger partial charge in [0.15, 0.2) is 0 Å². The van der Waals surface area contributed by atoms with Gasteiger partial charge in [-0.3, -0.25) is 9.59 Å². The van der Waals surface area contributed by atoms with Gasteiger partial charge in [0.2, 0.25) is 11.8 Å². The Kier molecular flexibility index (Phi) is 6.57. The van der Waals surface area contributed by atoms with Crippen molar-refractivity contribution in [2.24, 2.45) is 0 Å². The lowest BCUT2D eigenvalue weighted by Gasteiger charge is -2.15. The van der Waals surface area contributed by atoms with Gasteiger partial charge in [0, 0.05) is 23.4 Å². The summed E-state index contributed by atoms with van der Waals surface area (Å²) in [6.07, 6.45) is 5.03. The van der Waals surface area contributed by atoms with Crippen LogP contribution < -0.4 is 5.32 Å². The van der Waals surface area contributed by atoms with Crippen LogP contribution in [0.5, 0.6) is 0 Å². The lowest BCUT2D eigenvalue weighted by atomic mass is 10.3. The molecule has 24 heavy (non-hydrogen) atoms. The van der Waals surface area contributed by atoms with Crippen molar-refractivity contribution in [1.82, 2.24) is 9.88 Å². The first-order valence-corrected chi connectivity index (χ1v) is 9.38. The van der Waals surface area contributed by atoms with Gasteiger partial charge in [-0.05, 0) is 31.4 Å². The molecule has 0 fully saturated rings. The highest BCUT2D eigenvalue weighted by Crippen LogP contribution is 2.24. The van der Waals surface area contributed by atoms with Gasteiger partial charge in [-0.1, -0.05) is 12.1 Å². The zero-order chi connectivity index (χ0) is 17.5. The molecule has 1 N–H and O–H groups in total. The average molecular weight is 361 g/mol. The summed E-state index contributed by atoms with van der Waals surface area (Å²) in [7, 11) is 1.60. The fourth-order valence-electron chi connectivity index (χ4n) is 1.97. The number of carbonyl (C=O) groups is 2. The first kappa shape index (κ1) is 18.2. The number of aryl methyl sites for hydroxylation is 1. The van der Waals surface area contributed by atoms with Crippen molar-refractivity contribution in [3.05, 3.63) is 46.4 Å². The van der Waals surface area contributed by atoms with Crippen LogP contribution in [0.2, 0.25) is 0 Å². The van der Waals surface area contributed by atoms with Crippen molar-refractivity contribution in [2.75, 3.05) is 25.2 Å². The molecular weight excluding hydrogens is 342 g/mol. The number of rotatable bonds is 6. The number of aromatic nitrogens is 1. The van der Waals surface area contributed by atoms with E-state index in [4.69, 9.17) is 0 Å². The Balaban J connectivity index is 1.91. The van der Waals surface area contributed by atoms with Gasteiger partial charge >= 0.3 is 0 Å². The Bertz CT molecular complexity index is 756. The summed E-state index contributed by atoms with van der Waals surface area (Å²) in [5, 5.41) is 5.66. The summed E-state index contributed by atoms with van der Waals surface area (Å²) in [6.45, 7) is 1.90. The molecule has 126 valence electrons. The molecule has 0 bridgehead atoms. The van der Waals surface area contributed by atoms with Crippen molar-refractivity contribution in [3.63, 3.8) is 0 Å². The predicted molar refractivity (Wildman–Crippen MR) is 100 cm³/mol. The van der Waals surface area contributed by atoms with Crippen LogP contribution in [0.25, 0.3) is 6.08 Å². The monoisotopic (exact) mass is 361 g/mol. The van der Waals surface area contributed by atoms with Crippen molar-refractivity contribution < 1.29 is 9.59 Å². The standard InChI is InChI=1S/C17H19N3O2S2/c1-12-18-13(11-24-12)8-9-17(22)20(2)10-16(21)19-14-6-4-5-7-15(14)23-3/h4-9,11H,10H2,1-3H3,(H,19,21)/b9-8+. The van der Waals surface area contributed by atoms with Crippen LogP contribution in [0.1, 0.15) is 10.7 Å². The Hall–Kier alpha value is -2.12. The van der Waals surface area contributed by atoms with Crippen molar-refractivity contribution in [2.45, 2.75) is 11.8 Å². The maximum atomic E-state index is 12.1. The number of anilines is 1. The summed E-state index contributed by atoms with van der Waals surface area (Å²) < 4.78 is 0. The highest BCUT2D eigenvalue weighted by atomic mass is 32.2. The largest absolute Gasteiger partial charge is 0.333 e. The first-order chi connectivity index (χ1) is 11.5. The van der Waals surface area contributed by atoms with Gasteiger partial charge in [0.25, 0.3) is 0 Å². The second-order valence-corrected chi connectivity index (χ2v) is 6.98. The van der Waals surface area contributed by atoms with E-state index >= 15 is 0 Å². The fraction of sp³-hybridized carbons (Fsp3) is 0.235. The highest BCUT2D eigenvalue weighted by molar-refractivity contribution is 7.98. The molecule has 0 atom stereocenters. The van der Waals surface area contributed by atoms with E-state index in [2.05, 4.69) is 10.3 Å². The van der Waals surface area contributed by atoms with Crippen LogP contribution in [0.4, 0.5) is 5.69 Å². The number of carbonyl (C=O) groups excluding carboxylic acids is 2. The van der Waals surface area contributed by atoms with Crippen LogP contribution in [-0.2, 0) is 9.59 Å². The summed E-state index contributed by atoms with van der Waals surface area (Å²) in [4.78, 5) is 30.8. The maximum absolute atomic E-state index is 12.1. The molecule has 2 amide bonds. The van der Waals surface area contributed by atoms with E-state index in [-0.39, 0.29) is 18.4 Å². The number of likely N-dealkylation sites (N-methyl/N-ethyl adjacent to an activating group) is 1. The molecule has 0 aliphatic rings. The number of thioether (sulfide) groups is 1. The average Bonchev–Trinajstić information content (AvgIpc) is 2.98. The van der Waals surface area contributed by atoms with E-state index < -0.39 is 0 Å². The Labute approximate surface area is 149 Å². The number of hydrogen-bond acceptors (Lipinski definition) is 5. The second-order valence-electron chi connectivity index (χ2n) is 5.07. The quantitative estimate of drug-likeness (QED) is 0.633. The number of para-hydroxylation sites is 1. The molecule has 5 nitrogen and oxygen atoms in total. The number of nitrogens with zero attached hydrogens (tertiary/aromatic N) is 2. The van der Waals surface area contributed by atoms with Crippen molar-refractivity contribution in [3.8, 4) is 0 Å². The number of benzene rings is 1. The highest BCUT2D eigenvalue weighted by Gasteiger charge is 2.12. The Morgan fingerprint density at radius 2 is 2.12 bits per heavy atom. The maximum Gasteiger partial charge on any atom is 0.246 e. The topological polar surface area (TPSA) is 62.3 Å². The van der Waals surface area contributed by atoms with Crippen LogP contribution in [0.3, 0.4) is 0 Å². The molecule has 1 aromatic carbocycles. The van der Waals surface area contributed by atoms with E-state index in [1.165, 1.54) is 22.3 Å². The third kappa shape index (κ3) is 5.21. The van der Waals surface area contributed by atoms with Gasteiger partial charge < -0.3 is 10.2 Å². The third-order valence-corrected chi connectivity index (χ3v) is 4.76. The van der Waals surface area contributed by atoms with Gasteiger partial charge in [0.05, 0.1) is 22.9 Å². The molecule has 1 aromatic heterocycles. The lowest BCUT2D eigenvalue weighted by molar-refractivity contribution is -0.129. The molecule has 2 rings (SSSR count). The van der Waals surface area contributed by atoms with Gasteiger partial charge in [-0.15, -0.1) is 23.1 Å². The third-order valence-electron chi connectivity index (χ3n) is 3.17. The van der Waals surface area contributed by atoms with Crippen molar-refractivity contribution in [1.29, 1.82) is 0 Å². The number of nitrogens with one attached hydrogen (secondary N) is 1. The van der Waals surface area contributed by atoms with Crippen LogP contribution in [-0.4, -0.2) is 41.5 Å². The zero-order valence-corrected chi connectivity index (χ0v) is 15.4. The number of amides is 2. The molecule has 2 aromatic rings. The summed E-state index contributed by atoms with van der Waals surface area (Å²) in [6, 6.07) is 7.56. The summed E-state index contributed by atoms with van der Waals surface area (Å²) in [5.74, 6) is -0.473. The van der Waals surface area contributed by atoms with Crippen LogP contribution in [0.15, 0.2) is 40.6 Å². The molecular formula is C17H19N3O2S2. The summed E-state index contributed by atoms with van der Waals surface area (Å²) in [5.41, 5.74) is 1.50. The number of hydrogen-bond donors (Lipinski definition) is 1. The minimum absolute atomic E-state index is 0.0119. The summed E-state index contributed by atoms with van der Waals surface area (Å²) >= 11 is 3.08.